The van der Waals surface area contributed by atoms with Gasteiger partial charge in [0.1, 0.15) is 0 Å². The lowest BCUT2D eigenvalue weighted by Crippen LogP contribution is -2.47. The van der Waals surface area contributed by atoms with Crippen LogP contribution in [-0.4, -0.2) is 47.1 Å². The van der Waals surface area contributed by atoms with E-state index in [0.717, 1.165) is 12.0 Å². The molecule has 1 aliphatic rings. The summed E-state index contributed by atoms with van der Waals surface area (Å²) in [6, 6.07) is 5.23. The van der Waals surface area contributed by atoms with E-state index in [9.17, 15) is 9.59 Å². The Balaban J connectivity index is 2.04. The van der Waals surface area contributed by atoms with Gasteiger partial charge in [-0.05, 0) is 44.0 Å². The summed E-state index contributed by atoms with van der Waals surface area (Å²) in [5, 5.41) is 12.4. The van der Waals surface area contributed by atoms with Crippen molar-refractivity contribution in [1.82, 2.24) is 10.2 Å². The minimum atomic E-state index is -0.894. The Labute approximate surface area is 128 Å². The summed E-state index contributed by atoms with van der Waals surface area (Å²) >= 11 is 5.97. The number of carbonyl (C=O) groups excluding carboxylic acids is 1. The van der Waals surface area contributed by atoms with Crippen LogP contribution in [0.25, 0.3) is 0 Å². The van der Waals surface area contributed by atoms with Crippen molar-refractivity contribution in [3.05, 3.63) is 34.3 Å². The van der Waals surface area contributed by atoms with E-state index in [1.807, 2.05) is 13.8 Å². The SMILES string of the molecule is Cc1cc(C(=O)N2CC[C@@](C)(NCC(=O)O)C2)ccc1Cl. The van der Waals surface area contributed by atoms with E-state index in [-0.39, 0.29) is 18.0 Å². The fourth-order valence-corrected chi connectivity index (χ4v) is 2.65. The molecule has 1 saturated heterocycles. The number of halogens is 1. The standard InChI is InChI=1S/C15H19ClN2O3/c1-10-7-11(3-4-12(10)16)14(21)18-6-5-15(2,9-18)17-8-13(19)20/h3-4,7,17H,5-6,8-9H2,1-2H3,(H,19,20)/t15-/m1/s1. The highest BCUT2D eigenvalue weighted by atomic mass is 35.5. The van der Waals surface area contributed by atoms with E-state index in [0.29, 0.717) is 23.7 Å². The van der Waals surface area contributed by atoms with Crippen LogP contribution in [0.1, 0.15) is 29.3 Å². The quantitative estimate of drug-likeness (QED) is 0.891. The molecule has 0 spiro atoms. The molecule has 0 bridgehead atoms. The second kappa shape index (κ2) is 6.03. The fourth-order valence-electron chi connectivity index (χ4n) is 2.53. The van der Waals surface area contributed by atoms with E-state index in [1.165, 1.54) is 0 Å². The Morgan fingerprint density at radius 3 is 2.81 bits per heavy atom. The number of nitrogens with zero attached hydrogens (tertiary/aromatic N) is 1. The topological polar surface area (TPSA) is 69.6 Å². The molecule has 1 aromatic rings. The summed E-state index contributed by atoms with van der Waals surface area (Å²) < 4.78 is 0. The highest BCUT2D eigenvalue weighted by Gasteiger charge is 2.36. The molecule has 5 nitrogen and oxygen atoms in total. The predicted molar refractivity (Wildman–Crippen MR) is 80.8 cm³/mol. The number of rotatable bonds is 4. The third-order valence-electron chi connectivity index (χ3n) is 3.83. The molecule has 1 atom stereocenters. The lowest BCUT2D eigenvalue weighted by molar-refractivity contribution is -0.136. The maximum Gasteiger partial charge on any atom is 0.317 e. The third kappa shape index (κ3) is 3.74. The second-order valence-corrected chi connectivity index (χ2v) is 6.16. The van der Waals surface area contributed by atoms with E-state index in [2.05, 4.69) is 5.32 Å². The Morgan fingerprint density at radius 1 is 1.48 bits per heavy atom. The summed E-state index contributed by atoms with van der Waals surface area (Å²) in [5.41, 5.74) is 1.13. The average Bonchev–Trinajstić information content (AvgIpc) is 2.82. The number of amides is 1. The molecule has 1 aliphatic heterocycles. The van der Waals surface area contributed by atoms with Gasteiger partial charge in [-0.25, -0.2) is 0 Å². The minimum absolute atomic E-state index is 0.0457. The van der Waals surface area contributed by atoms with E-state index in [4.69, 9.17) is 16.7 Å². The van der Waals surface area contributed by atoms with Crippen molar-refractivity contribution in [1.29, 1.82) is 0 Å². The van der Waals surface area contributed by atoms with Gasteiger partial charge in [-0.1, -0.05) is 11.6 Å². The van der Waals surface area contributed by atoms with Crippen molar-refractivity contribution in [3.63, 3.8) is 0 Å². The first-order chi connectivity index (χ1) is 9.81. The van der Waals surface area contributed by atoms with Crippen LogP contribution in [0.2, 0.25) is 5.02 Å². The maximum atomic E-state index is 12.5. The first kappa shape index (κ1) is 15.8. The summed E-state index contributed by atoms with van der Waals surface area (Å²) in [6.07, 6.45) is 0.735. The van der Waals surface area contributed by atoms with Crippen molar-refractivity contribution >= 4 is 23.5 Å². The summed E-state index contributed by atoms with van der Waals surface area (Å²) in [4.78, 5) is 24.9. The van der Waals surface area contributed by atoms with Crippen molar-refractivity contribution in [2.45, 2.75) is 25.8 Å². The number of aryl methyl sites for hydroxylation is 1. The number of carboxylic acid groups (broad SMARTS) is 1. The van der Waals surface area contributed by atoms with Gasteiger partial charge >= 0.3 is 5.97 Å². The largest absolute Gasteiger partial charge is 0.480 e. The Morgan fingerprint density at radius 2 is 2.19 bits per heavy atom. The molecule has 0 aromatic heterocycles. The van der Waals surface area contributed by atoms with Gasteiger partial charge in [0.05, 0.1) is 6.54 Å². The number of hydrogen-bond acceptors (Lipinski definition) is 3. The fraction of sp³-hybridized carbons (Fsp3) is 0.467. The number of hydrogen-bond donors (Lipinski definition) is 2. The number of carboxylic acids is 1. The maximum absolute atomic E-state index is 12.5. The smallest absolute Gasteiger partial charge is 0.317 e. The molecule has 2 N–H and O–H groups in total. The summed E-state index contributed by atoms with van der Waals surface area (Å²) in [7, 11) is 0. The molecule has 1 aromatic carbocycles. The number of benzene rings is 1. The molecular weight excluding hydrogens is 292 g/mol. The molecule has 21 heavy (non-hydrogen) atoms. The highest BCUT2D eigenvalue weighted by Crippen LogP contribution is 2.24. The second-order valence-electron chi connectivity index (χ2n) is 5.75. The predicted octanol–water partition coefficient (Wildman–Crippen LogP) is 1.93. The van der Waals surface area contributed by atoms with Gasteiger partial charge in [0.25, 0.3) is 5.91 Å². The number of likely N-dealkylation sites (tertiary alicyclic amines) is 1. The van der Waals surface area contributed by atoms with E-state index >= 15 is 0 Å². The van der Waals surface area contributed by atoms with Gasteiger partial charge in [0, 0.05) is 29.2 Å². The normalized spacial score (nSPS) is 21.6. The molecule has 0 unspecified atom stereocenters. The molecule has 1 fully saturated rings. The first-order valence-corrected chi connectivity index (χ1v) is 7.21. The van der Waals surface area contributed by atoms with Crippen LogP contribution in [0.4, 0.5) is 0 Å². The number of carbonyl (C=O) groups is 2. The van der Waals surface area contributed by atoms with Gasteiger partial charge in [-0.2, -0.15) is 0 Å². The third-order valence-corrected chi connectivity index (χ3v) is 4.26. The summed E-state index contributed by atoms with van der Waals surface area (Å²) in [5.74, 6) is -0.940. The molecule has 2 rings (SSSR count). The van der Waals surface area contributed by atoms with Crippen LogP contribution in [0, 0.1) is 6.92 Å². The van der Waals surface area contributed by atoms with E-state index < -0.39 is 5.97 Å². The van der Waals surface area contributed by atoms with Crippen molar-refractivity contribution in [2.75, 3.05) is 19.6 Å². The van der Waals surface area contributed by atoms with Crippen molar-refractivity contribution in [3.8, 4) is 0 Å². The Hall–Kier alpha value is -1.59. The molecule has 0 radical (unpaired) electrons. The van der Waals surface area contributed by atoms with Crippen molar-refractivity contribution < 1.29 is 14.7 Å². The molecule has 0 saturated carbocycles. The van der Waals surface area contributed by atoms with Crippen LogP contribution in [0.5, 0.6) is 0 Å². The molecular formula is C15H19ClN2O3. The van der Waals surface area contributed by atoms with Crippen LogP contribution in [0.15, 0.2) is 18.2 Å². The van der Waals surface area contributed by atoms with Crippen LogP contribution >= 0.6 is 11.6 Å². The van der Waals surface area contributed by atoms with Crippen LogP contribution in [-0.2, 0) is 4.79 Å². The Kier molecular flexibility index (Phi) is 4.54. The number of nitrogens with one attached hydrogen (secondary N) is 1. The molecule has 1 amide bonds. The zero-order chi connectivity index (χ0) is 15.6. The molecule has 0 aliphatic carbocycles. The lowest BCUT2D eigenvalue weighted by atomic mass is 10.0. The highest BCUT2D eigenvalue weighted by molar-refractivity contribution is 6.31. The van der Waals surface area contributed by atoms with Crippen LogP contribution < -0.4 is 5.32 Å². The zero-order valence-corrected chi connectivity index (χ0v) is 12.9. The van der Waals surface area contributed by atoms with Crippen molar-refractivity contribution in [2.24, 2.45) is 0 Å². The Bertz CT molecular complexity index is 576. The minimum Gasteiger partial charge on any atom is -0.480 e. The van der Waals surface area contributed by atoms with Gasteiger partial charge in [-0.15, -0.1) is 0 Å². The van der Waals surface area contributed by atoms with Crippen LogP contribution in [0.3, 0.4) is 0 Å². The molecule has 1 heterocycles. The zero-order valence-electron chi connectivity index (χ0n) is 12.1. The van der Waals surface area contributed by atoms with Gasteiger partial charge in [0.2, 0.25) is 0 Å². The van der Waals surface area contributed by atoms with Gasteiger partial charge in [0.15, 0.2) is 0 Å². The van der Waals surface area contributed by atoms with Gasteiger partial charge < -0.3 is 10.0 Å². The lowest BCUT2D eigenvalue weighted by Gasteiger charge is -2.25. The van der Waals surface area contributed by atoms with E-state index in [1.54, 1.807) is 23.1 Å². The molecule has 6 heteroatoms. The first-order valence-electron chi connectivity index (χ1n) is 6.83. The monoisotopic (exact) mass is 310 g/mol. The summed E-state index contributed by atoms with van der Waals surface area (Å²) in [6.45, 7) is 4.82. The number of aliphatic carboxylic acids is 1. The van der Waals surface area contributed by atoms with Gasteiger partial charge in [-0.3, -0.25) is 14.9 Å². The molecule has 114 valence electrons. The average molecular weight is 311 g/mol.